The van der Waals surface area contributed by atoms with E-state index in [0.717, 1.165) is 29.9 Å². The highest BCUT2D eigenvalue weighted by atomic mass is 32.2. The molecule has 4 nitrogen and oxygen atoms in total. The molecule has 0 bridgehead atoms. The zero-order valence-corrected chi connectivity index (χ0v) is 11.8. The Bertz CT molecular complexity index is 479. The van der Waals surface area contributed by atoms with Crippen molar-refractivity contribution in [2.24, 2.45) is 0 Å². The first-order valence-corrected chi connectivity index (χ1v) is 8.78. The summed E-state index contributed by atoms with van der Waals surface area (Å²) in [5.41, 5.74) is 6.98. The van der Waals surface area contributed by atoms with E-state index in [1.807, 2.05) is 11.8 Å². The molecule has 0 spiro atoms. The SMILES string of the molecule is Nc1ccc(CS(=O)(=O)NC2CCSCC2)cc1. The summed E-state index contributed by atoms with van der Waals surface area (Å²) in [5, 5.41) is 0. The summed E-state index contributed by atoms with van der Waals surface area (Å²) < 4.78 is 26.8. The molecule has 0 radical (unpaired) electrons. The van der Waals surface area contributed by atoms with Crippen LogP contribution in [0.25, 0.3) is 0 Å². The van der Waals surface area contributed by atoms with Gasteiger partial charge in [0.25, 0.3) is 0 Å². The van der Waals surface area contributed by atoms with Gasteiger partial charge in [-0.1, -0.05) is 12.1 Å². The normalized spacial score (nSPS) is 17.8. The summed E-state index contributed by atoms with van der Waals surface area (Å²) in [7, 11) is -3.25. The molecule has 18 heavy (non-hydrogen) atoms. The Labute approximate surface area is 112 Å². The fourth-order valence-corrected chi connectivity index (χ4v) is 4.51. The Hall–Kier alpha value is -0.720. The van der Waals surface area contributed by atoms with Gasteiger partial charge in [0.15, 0.2) is 0 Å². The van der Waals surface area contributed by atoms with E-state index in [4.69, 9.17) is 5.73 Å². The van der Waals surface area contributed by atoms with Crippen molar-refractivity contribution in [2.45, 2.75) is 24.6 Å². The van der Waals surface area contributed by atoms with Crippen molar-refractivity contribution in [3.8, 4) is 0 Å². The van der Waals surface area contributed by atoms with Crippen molar-refractivity contribution in [1.82, 2.24) is 4.72 Å². The summed E-state index contributed by atoms with van der Waals surface area (Å²) in [6, 6.07) is 7.06. The Balaban J connectivity index is 1.96. The first-order chi connectivity index (χ1) is 8.55. The minimum Gasteiger partial charge on any atom is -0.399 e. The number of hydrogen-bond acceptors (Lipinski definition) is 4. The molecular formula is C12H18N2O2S2. The Morgan fingerprint density at radius 2 is 1.83 bits per heavy atom. The second-order valence-corrected chi connectivity index (χ2v) is 7.48. The van der Waals surface area contributed by atoms with Gasteiger partial charge in [-0.2, -0.15) is 11.8 Å². The van der Waals surface area contributed by atoms with Crippen LogP contribution in [0.4, 0.5) is 5.69 Å². The first-order valence-electron chi connectivity index (χ1n) is 5.97. The monoisotopic (exact) mass is 286 g/mol. The maximum atomic E-state index is 12.0. The van der Waals surface area contributed by atoms with Crippen molar-refractivity contribution in [2.75, 3.05) is 17.2 Å². The minimum absolute atomic E-state index is 0.0247. The number of nitrogens with two attached hydrogens (primary N) is 1. The van der Waals surface area contributed by atoms with Gasteiger partial charge in [-0.25, -0.2) is 13.1 Å². The maximum Gasteiger partial charge on any atom is 0.216 e. The van der Waals surface area contributed by atoms with Crippen LogP contribution in [0.1, 0.15) is 18.4 Å². The van der Waals surface area contributed by atoms with E-state index in [-0.39, 0.29) is 11.8 Å². The van der Waals surface area contributed by atoms with Gasteiger partial charge in [0, 0.05) is 11.7 Å². The number of anilines is 1. The van der Waals surface area contributed by atoms with E-state index in [1.165, 1.54) is 0 Å². The van der Waals surface area contributed by atoms with E-state index in [9.17, 15) is 8.42 Å². The second-order valence-electron chi connectivity index (χ2n) is 4.51. The lowest BCUT2D eigenvalue weighted by atomic mass is 10.2. The van der Waals surface area contributed by atoms with Crippen molar-refractivity contribution < 1.29 is 8.42 Å². The molecule has 0 unspecified atom stereocenters. The van der Waals surface area contributed by atoms with Crippen molar-refractivity contribution in [1.29, 1.82) is 0 Å². The van der Waals surface area contributed by atoms with E-state index in [2.05, 4.69) is 4.72 Å². The van der Waals surface area contributed by atoms with E-state index < -0.39 is 10.0 Å². The third kappa shape index (κ3) is 4.19. The van der Waals surface area contributed by atoms with Crippen molar-refractivity contribution >= 4 is 27.5 Å². The predicted molar refractivity (Wildman–Crippen MR) is 77.0 cm³/mol. The summed E-state index contributed by atoms with van der Waals surface area (Å²) in [6.45, 7) is 0. The predicted octanol–water partition coefficient (Wildman–Crippen LogP) is 1.58. The fourth-order valence-electron chi connectivity index (χ4n) is 1.94. The maximum absolute atomic E-state index is 12.0. The van der Waals surface area contributed by atoms with Gasteiger partial charge in [0.05, 0.1) is 5.75 Å². The van der Waals surface area contributed by atoms with Gasteiger partial charge in [0.2, 0.25) is 10.0 Å². The van der Waals surface area contributed by atoms with Gasteiger partial charge in [-0.3, -0.25) is 0 Å². The summed E-state index contributed by atoms with van der Waals surface area (Å²) >= 11 is 1.88. The van der Waals surface area contributed by atoms with Crippen molar-refractivity contribution in [3.63, 3.8) is 0 Å². The highest BCUT2D eigenvalue weighted by molar-refractivity contribution is 7.99. The highest BCUT2D eigenvalue weighted by Crippen LogP contribution is 2.18. The number of benzene rings is 1. The molecule has 1 saturated heterocycles. The number of sulfonamides is 1. The van der Waals surface area contributed by atoms with Gasteiger partial charge in [-0.05, 0) is 42.0 Å². The van der Waals surface area contributed by atoms with Crippen LogP contribution in [0.15, 0.2) is 24.3 Å². The standard InChI is InChI=1S/C12H18N2O2S2/c13-11-3-1-10(2-4-11)9-18(15,16)14-12-5-7-17-8-6-12/h1-4,12,14H,5-9,13H2. The van der Waals surface area contributed by atoms with Gasteiger partial charge in [0.1, 0.15) is 0 Å². The molecule has 1 aliphatic rings. The van der Waals surface area contributed by atoms with E-state index in [1.54, 1.807) is 24.3 Å². The second kappa shape index (κ2) is 5.95. The molecule has 0 atom stereocenters. The Morgan fingerprint density at radius 3 is 2.44 bits per heavy atom. The lowest BCUT2D eigenvalue weighted by Crippen LogP contribution is -2.37. The van der Waals surface area contributed by atoms with Crippen LogP contribution in [-0.2, 0) is 15.8 Å². The highest BCUT2D eigenvalue weighted by Gasteiger charge is 2.20. The molecule has 1 aliphatic heterocycles. The zero-order chi connectivity index (χ0) is 13.0. The molecule has 6 heteroatoms. The largest absolute Gasteiger partial charge is 0.399 e. The smallest absolute Gasteiger partial charge is 0.216 e. The molecule has 0 amide bonds. The third-order valence-electron chi connectivity index (χ3n) is 2.90. The molecule has 0 aliphatic carbocycles. The number of rotatable bonds is 4. The number of nitrogens with one attached hydrogen (secondary N) is 1. The fraction of sp³-hybridized carbons (Fsp3) is 0.500. The number of thioether (sulfide) groups is 1. The van der Waals surface area contributed by atoms with Gasteiger partial charge in [-0.15, -0.1) is 0 Å². The van der Waals surface area contributed by atoms with Crippen LogP contribution in [0.3, 0.4) is 0 Å². The molecule has 1 aromatic rings. The van der Waals surface area contributed by atoms with Gasteiger partial charge >= 0.3 is 0 Å². The Morgan fingerprint density at radius 1 is 1.22 bits per heavy atom. The van der Waals surface area contributed by atoms with Crippen LogP contribution in [0.2, 0.25) is 0 Å². The van der Waals surface area contributed by atoms with Crippen LogP contribution in [0, 0.1) is 0 Å². The quantitative estimate of drug-likeness (QED) is 0.824. The van der Waals surface area contributed by atoms with Gasteiger partial charge < -0.3 is 5.73 Å². The Kier molecular flexibility index (Phi) is 4.53. The minimum atomic E-state index is -3.25. The average molecular weight is 286 g/mol. The zero-order valence-electron chi connectivity index (χ0n) is 10.1. The van der Waals surface area contributed by atoms with E-state index >= 15 is 0 Å². The first kappa shape index (κ1) is 13.7. The molecule has 1 fully saturated rings. The third-order valence-corrected chi connectivity index (χ3v) is 5.36. The van der Waals surface area contributed by atoms with Crippen LogP contribution >= 0.6 is 11.8 Å². The molecule has 0 saturated carbocycles. The molecule has 0 aromatic heterocycles. The van der Waals surface area contributed by atoms with Crippen molar-refractivity contribution in [3.05, 3.63) is 29.8 Å². The summed E-state index contributed by atoms with van der Waals surface area (Å²) in [6.07, 6.45) is 1.84. The van der Waals surface area contributed by atoms with E-state index in [0.29, 0.717) is 5.69 Å². The summed E-state index contributed by atoms with van der Waals surface area (Å²) in [5.74, 6) is 2.10. The summed E-state index contributed by atoms with van der Waals surface area (Å²) in [4.78, 5) is 0. The molecule has 1 heterocycles. The topological polar surface area (TPSA) is 72.2 Å². The van der Waals surface area contributed by atoms with Crippen LogP contribution in [-0.4, -0.2) is 26.0 Å². The van der Waals surface area contributed by atoms with Crippen LogP contribution < -0.4 is 10.5 Å². The molecule has 3 N–H and O–H groups in total. The van der Waals surface area contributed by atoms with Crippen LogP contribution in [0.5, 0.6) is 0 Å². The molecule has 2 rings (SSSR count). The number of hydrogen-bond donors (Lipinski definition) is 2. The lowest BCUT2D eigenvalue weighted by molar-refractivity contribution is 0.528. The lowest BCUT2D eigenvalue weighted by Gasteiger charge is -2.22. The number of nitrogen functional groups attached to an aromatic ring is 1. The molecular weight excluding hydrogens is 268 g/mol. The molecule has 100 valence electrons. The molecule has 1 aromatic carbocycles. The average Bonchev–Trinajstić information content (AvgIpc) is 2.32.